The Bertz CT molecular complexity index is 551. The molecule has 1 aromatic carbocycles. The second-order valence-electron chi connectivity index (χ2n) is 7.40. The van der Waals surface area contributed by atoms with Crippen molar-refractivity contribution in [2.75, 3.05) is 13.6 Å². The molecule has 0 spiro atoms. The maximum Gasteiger partial charge on any atom is 0.251 e. The molecule has 0 unspecified atom stereocenters. The van der Waals surface area contributed by atoms with Crippen molar-refractivity contribution < 1.29 is 4.79 Å². The number of carbonyl (C=O) groups is 1. The topological polar surface area (TPSA) is 32.3 Å². The van der Waals surface area contributed by atoms with Gasteiger partial charge in [-0.2, -0.15) is 0 Å². The molecular formula is C18H27ClN2O. The van der Waals surface area contributed by atoms with Crippen LogP contribution in [0.4, 0.5) is 0 Å². The van der Waals surface area contributed by atoms with E-state index in [0.29, 0.717) is 29.2 Å². The second kappa shape index (κ2) is 6.59. The fourth-order valence-electron chi connectivity index (χ4n) is 3.11. The van der Waals surface area contributed by atoms with Crippen molar-refractivity contribution in [3.8, 4) is 0 Å². The van der Waals surface area contributed by atoms with E-state index in [1.807, 2.05) is 12.1 Å². The summed E-state index contributed by atoms with van der Waals surface area (Å²) in [6.07, 6.45) is 2.33. The van der Waals surface area contributed by atoms with Gasteiger partial charge in [0.05, 0.1) is 0 Å². The summed E-state index contributed by atoms with van der Waals surface area (Å²) in [7, 11) is 2.13. The minimum Gasteiger partial charge on any atom is -0.350 e. The molecule has 1 heterocycles. The molecule has 1 aliphatic heterocycles. The van der Waals surface area contributed by atoms with Crippen LogP contribution in [0.25, 0.3) is 0 Å². The lowest BCUT2D eigenvalue weighted by atomic mass is 9.83. The van der Waals surface area contributed by atoms with Crippen LogP contribution >= 0.6 is 11.6 Å². The zero-order valence-electron chi connectivity index (χ0n) is 14.2. The molecule has 0 aromatic heterocycles. The Labute approximate surface area is 139 Å². The highest BCUT2D eigenvalue weighted by Crippen LogP contribution is 2.28. The van der Waals surface area contributed by atoms with Crippen LogP contribution in [0.3, 0.4) is 0 Å². The molecule has 0 bridgehead atoms. The van der Waals surface area contributed by atoms with Crippen LogP contribution < -0.4 is 5.32 Å². The van der Waals surface area contributed by atoms with E-state index in [2.05, 4.69) is 45.0 Å². The third kappa shape index (κ3) is 3.82. The highest BCUT2D eigenvalue weighted by Gasteiger charge is 2.28. The first-order valence-corrected chi connectivity index (χ1v) is 8.38. The first-order chi connectivity index (χ1) is 10.2. The second-order valence-corrected chi connectivity index (χ2v) is 7.83. The van der Waals surface area contributed by atoms with E-state index >= 15 is 0 Å². The third-order valence-corrected chi connectivity index (χ3v) is 4.96. The molecule has 1 saturated heterocycles. The number of nitrogens with zero attached hydrogens (tertiary/aromatic N) is 1. The van der Waals surface area contributed by atoms with Crippen LogP contribution in [0.1, 0.15) is 56.5 Å². The van der Waals surface area contributed by atoms with Crippen molar-refractivity contribution in [1.82, 2.24) is 10.2 Å². The quantitative estimate of drug-likeness (QED) is 0.916. The Morgan fingerprint density at radius 2 is 2.05 bits per heavy atom. The summed E-state index contributed by atoms with van der Waals surface area (Å²) in [5, 5.41) is 3.69. The fraction of sp³-hybridized carbons (Fsp3) is 0.611. The number of carbonyl (C=O) groups excluding carboxylic acids is 1. The van der Waals surface area contributed by atoms with Crippen molar-refractivity contribution >= 4 is 17.5 Å². The van der Waals surface area contributed by atoms with Crippen LogP contribution in [0.15, 0.2) is 18.2 Å². The standard InChI is InChI=1S/C18H27ClN2O/c1-12-6-8-14(21(12)5)11-20-17(22)15-10-13(19)7-9-16(15)18(2,3)4/h7,9-10,12,14H,6,8,11H2,1-5H3,(H,20,22)/t12-,14-/m1/s1. The Hall–Kier alpha value is -1.06. The number of benzene rings is 1. The van der Waals surface area contributed by atoms with Crippen LogP contribution in [0, 0.1) is 0 Å². The van der Waals surface area contributed by atoms with E-state index in [4.69, 9.17) is 11.6 Å². The average molecular weight is 323 g/mol. The number of rotatable bonds is 3. The Balaban J connectivity index is 2.11. The van der Waals surface area contributed by atoms with Crippen LogP contribution in [0.2, 0.25) is 5.02 Å². The van der Waals surface area contributed by atoms with E-state index in [1.54, 1.807) is 6.07 Å². The van der Waals surface area contributed by atoms with Crippen molar-refractivity contribution in [2.24, 2.45) is 0 Å². The van der Waals surface area contributed by atoms with Crippen LogP contribution in [-0.4, -0.2) is 36.5 Å². The molecule has 1 aliphatic rings. The highest BCUT2D eigenvalue weighted by molar-refractivity contribution is 6.31. The van der Waals surface area contributed by atoms with Crippen molar-refractivity contribution in [3.63, 3.8) is 0 Å². The zero-order chi connectivity index (χ0) is 16.5. The van der Waals surface area contributed by atoms with E-state index in [0.717, 1.165) is 12.0 Å². The van der Waals surface area contributed by atoms with E-state index < -0.39 is 0 Å². The van der Waals surface area contributed by atoms with Gasteiger partial charge in [-0.3, -0.25) is 9.69 Å². The minimum absolute atomic E-state index is 0.0274. The summed E-state index contributed by atoms with van der Waals surface area (Å²) in [6.45, 7) is 9.25. The molecule has 0 radical (unpaired) electrons. The molecule has 122 valence electrons. The van der Waals surface area contributed by atoms with Crippen LogP contribution in [0.5, 0.6) is 0 Å². The summed E-state index contributed by atoms with van der Waals surface area (Å²) in [5.74, 6) is -0.0274. The van der Waals surface area contributed by atoms with Gasteiger partial charge in [-0.1, -0.05) is 38.4 Å². The number of halogens is 1. The largest absolute Gasteiger partial charge is 0.350 e. The molecule has 1 fully saturated rings. The average Bonchev–Trinajstić information content (AvgIpc) is 2.75. The third-order valence-electron chi connectivity index (χ3n) is 4.72. The molecular weight excluding hydrogens is 296 g/mol. The Morgan fingerprint density at radius 1 is 1.36 bits per heavy atom. The summed E-state index contributed by atoms with van der Waals surface area (Å²) in [5.41, 5.74) is 1.63. The summed E-state index contributed by atoms with van der Waals surface area (Å²) in [4.78, 5) is 15.0. The van der Waals surface area contributed by atoms with Gasteiger partial charge in [0.25, 0.3) is 5.91 Å². The first kappa shape index (κ1) is 17.3. The number of nitrogens with one attached hydrogen (secondary N) is 1. The molecule has 22 heavy (non-hydrogen) atoms. The molecule has 4 heteroatoms. The van der Waals surface area contributed by atoms with Gasteiger partial charge in [0, 0.05) is 29.2 Å². The maximum absolute atomic E-state index is 12.6. The van der Waals surface area contributed by atoms with Crippen molar-refractivity contribution in [3.05, 3.63) is 34.3 Å². The molecule has 1 amide bonds. The predicted octanol–water partition coefficient (Wildman–Crippen LogP) is 3.85. The van der Waals surface area contributed by atoms with Crippen LogP contribution in [-0.2, 0) is 5.41 Å². The lowest BCUT2D eigenvalue weighted by Gasteiger charge is -2.25. The number of amides is 1. The predicted molar refractivity (Wildman–Crippen MR) is 92.7 cm³/mol. The molecule has 1 N–H and O–H groups in total. The summed E-state index contributed by atoms with van der Waals surface area (Å²) < 4.78 is 0. The van der Waals surface area contributed by atoms with Gasteiger partial charge in [-0.05, 0) is 49.9 Å². The zero-order valence-corrected chi connectivity index (χ0v) is 15.0. The van der Waals surface area contributed by atoms with Gasteiger partial charge in [0.1, 0.15) is 0 Å². The molecule has 0 aliphatic carbocycles. The molecule has 2 atom stereocenters. The number of likely N-dealkylation sites (tertiary alicyclic amines) is 1. The van der Waals surface area contributed by atoms with E-state index in [-0.39, 0.29) is 11.3 Å². The minimum atomic E-state index is -0.0874. The van der Waals surface area contributed by atoms with Crippen molar-refractivity contribution in [1.29, 1.82) is 0 Å². The van der Waals surface area contributed by atoms with Gasteiger partial charge in [-0.25, -0.2) is 0 Å². The lowest BCUT2D eigenvalue weighted by molar-refractivity contribution is 0.0939. The Morgan fingerprint density at radius 3 is 2.59 bits per heavy atom. The Kier molecular flexibility index (Phi) is 5.18. The van der Waals surface area contributed by atoms with Gasteiger partial charge < -0.3 is 5.32 Å². The SMILES string of the molecule is C[C@@H]1CC[C@H](CNC(=O)c2cc(Cl)ccc2C(C)(C)C)N1C. The smallest absolute Gasteiger partial charge is 0.251 e. The molecule has 2 rings (SSSR count). The van der Waals surface area contributed by atoms with Gasteiger partial charge in [0.2, 0.25) is 0 Å². The normalized spacial score (nSPS) is 22.8. The van der Waals surface area contributed by atoms with Crippen molar-refractivity contribution in [2.45, 2.75) is 58.0 Å². The summed E-state index contributed by atoms with van der Waals surface area (Å²) >= 11 is 6.09. The number of likely N-dealkylation sites (N-methyl/N-ethyl adjacent to an activating group) is 1. The van der Waals surface area contributed by atoms with Gasteiger partial charge >= 0.3 is 0 Å². The van der Waals surface area contributed by atoms with Gasteiger partial charge in [0.15, 0.2) is 0 Å². The fourth-order valence-corrected chi connectivity index (χ4v) is 3.28. The monoisotopic (exact) mass is 322 g/mol. The molecule has 1 aromatic rings. The maximum atomic E-state index is 12.6. The van der Waals surface area contributed by atoms with E-state index in [1.165, 1.54) is 6.42 Å². The van der Waals surface area contributed by atoms with Gasteiger partial charge in [-0.15, -0.1) is 0 Å². The first-order valence-electron chi connectivity index (χ1n) is 8.00. The lowest BCUT2D eigenvalue weighted by Crippen LogP contribution is -2.40. The number of hydrogen-bond acceptors (Lipinski definition) is 2. The molecule has 3 nitrogen and oxygen atoms in total. The van der Waals surface area contributed by atoms with E-state index in [9.17, 15) is 4.79 Å². The summed E-state index contributed by atoms with van der Waals surface area (Å²) in [6, 6.07) is 6.61. The number of hydrogen-bond donors (Lipinski definition) is 1. The molecule has 0 saturated carbocycles. The highest BCUT2D eigenvalue weighted by atomic mass is 35.5.